The summed E-state index contributed by atoms with van der Waals surface area (Å²) in [5.41, 5.74) is 2.73. The largest absolute Gasteiger partial charge is 0.376 e. The van der Waals surface area contributed by atoms with Gasteiger partial charge in [-0.25, -0.2) is 9.07 Å². The van der Waals surface area contributed by atoms with Crippen molar-refractivity contribution in [3.05, 3.63) is 59.9 Å². The monoisotopic (exact) mass is 380 g/mol. The van der Waals surface area contributed by atoms with Crippen LogP contribution in [0.15, 0.2) is 48.5 Å². The van der Waals surface area contributed by atoms with Gasteiger partial charge in [0.05, 0.1) is 12.6 Å². The molecule has 3 aromatic rings. The number of hydrogen-bond donors (Lipinski definition) is 2. The number of hydrogen-bond acceptors (Lipinski definition) is 5. The molecule has 0 atom stereocenters. The van der Waals surface area contributed by atoms with Crippen LogP contribution in [0, 0.1) is 5.82 Å². The number of nitrogens with one attached hydrogen (secondary N) is 2. The summed E-state index contributed by atoms with van der Waals surface area (Å²) in [6.45, 7) is 0.669. The fourth-order valence-electron chi connectivity index (χ4n) is 2.96. The van der Waals surface area contributed by atoms with E-state index < -0.39 is 0 Å². The van der Waals surface area contributed by atoms with Crippen molar-refractivity contribution in [3.8, 4) is 11.4 Å². The zero-order chi connectivity index (χ0) is 19.3. The van der Waals surface area contributed by atoms with E-state index in [1.165, 1.54) is 12.1 Å². The van der Waals surface area contributed by atoms with Crippen molar-refractivity contribution >= 4 is 11.6 Å². The Balaban J connectivity index is 1.28. The molecular weight excluding hydrogens is 359 g/mol. The van der Waals surface area contributed by atoms with Crippen LogP contribution in [0.3, 0.4) is 0 Å². The van der Waals surface area contributed by atoms with Gasteiger partial charge in [-0.15, -0.1) is 5.10 Å². The molecule has 2 aromatic carbocycles. The topological polar surface area (TPSA) is 84.7 Å². The van der Waals surface area contributed by atoms with E-state index in [-0.39, 0.29) is 18.3 Å². The predicted octanol–water partition coefficient (Wildman–Crippen LogP) is 2.58. The minimum Gasteiger partial charge on any atom is -0.376 e. The van der Waals surface area contributed by atoms with Gasteiger partial charge in [0.2, 0.25) is 5.91 Å². The molecule has 1 fully saturated rings. The lowest BCUT2D eigenvalue weighted by molar-refractivity contribution is -0.119. The predicted molar refractivity (Wildman–Crippen MR) is 103 cm³/mol. The van der Waals surface area contributed by atoms with Gasteiger partial charge in [-0.05, 0) is 59.5 Å². The molecule has 1 aliphatic carbocycles. The van der Waals surface area contributed by atoms with Gasteiger partial charge < -0.3 is 10.6 Å². The molecule has 0 spiro atoms. The zero-order valence-electron chi connectivity index (χ0n) is 15.3. The summed E-state index contributed by atoms with van der Waals surface area (Å²) in [7, 11) is 0. The average molecular weight is 380 g/mol. The third-order valence-corrected chi connectivity index (χ3v) is 4.61. The number of aromatic nitrogens is 4. The van der Waals surface area contributed by atoms with Gasteiger partial charge in [-0.1, -0.05) is 24.3 Å². The lowest BCUT2D eigenvalue weighted by atomic mass is 10.1. The highest BCUT2D eigenvalue weighted by atomic mass is 19.1. The van der Waals surface area contributed by atoms with Crippen LogP contribution in [-0.2, 0) is 11.2 Å². The van der Waals surface area contributed by atoms with Crippen LogP contribution >= 0.6 is 0 Å². The molecular formula is C20H21FN6O. The maximum atomic E-state index is 12.9. The van der Waals surface area contributed by atoms with Gasteiger partial charge >= 0.3 is 0 Å². The summed E-state index contributed by atoms with van der Waals surface area (Å²) in [5, 5.41) is 18.0. The molecule has 0 unspecified atom stereocenters. The molecule has 0 bridgehead atoms. The molecule has 4 rings (SSSR count). The van der Waals surface area contributed by atoms with E-state index >= 15 is 0 Å². The van der Waals surface area contributed by atoms with Crippen LogP contribution in [0.4, 0.5) is 10.1 Å². The van der Waals surface area contributed by atoms with E-state index in [1.54, 1.807) is 12.1 Å². The molecule has 144 valence electrons. The van der Waals surface area contributed by atoms with Gasteiger partial charge in [0.25, 0.3) is 0 Å². The number of benzene rings is 2. The first kappa shape index (κ1) is 18.1. The molecule has 8 heteroatoms. The van der Waals surface area contributed by atoms with Crippen molar-refractivity contribution in [3.63, 3.8) is 0 Å². The Morgan fingerprint density at radius 1 is 1.18 bits per heavy atom. The number of anilines is 1. The molecule has 7 nitrogen and oxygen atoms in total. The Morgan fingerprint density at radius 3 is 2.79 bits per heavy atom. The number of carbonyl (C=O) groups is 1. The Hall–Kier alpha value is -3.29. The molecule has 1 amide bonds. The van der Waals surface area contributed by atoms with E-state index in [4.69, 9.17) is 0 Å². The SMILES string of the molecule is O=C(CNc1cccc(-c2nnnn2C2CC2)c1)NCCc1ccc(F)cc1. The van der Waals surface area contributed by atoms with E-state index in [0.717, 1.165) is 35.5 Å². The quantitative estimate of drug-likeness (QED) is 0.627. The van der Waals surface area contributed by atoms with Gasteiger partial charge in [0.15, 0.2) is 5.82 Å². The lowest BCUT2D eigenvalue weighted by Gasteiger charge is -2.09. The minimum absolute atomic E-state index is 0.102. The molecule has 0 aliphatic heterocycles. The number of nitrogens with zero attached hydrogens (tertiary/aromatic N) is 4. The number of rotatable bonds is 8. The summed E-state index contributed by atoms with van der Waals surface area (Å²) in [5.74, 6) is 0.385. The summed E-state index contributed by atoms with van der Waals surface area (Å²) in [4.78, 5) is 12.1. The molecule has 1 saturated carbocycles. The highest BCUT2D eigenvalue weighted by molar-refractivity contribution is 5.81. The average Bonchev–Trinajstić information content (AvgIpc) is 3.44. The van der Waals surface area contributed by atoms with Crippen LogP contribution in [0.1, 0.15) is 24.4 Å². The maximum Gasteiger partial charge on any atom is 0.239 e. The smallest absolute Gasteiger partial charge is 0.239 e. The van der Waals surface area contributed by atoms with Crippen LogP contribution in [0.2, 0.25) is 0 Å². The summed E-state index contributed by atoms with van der Waals surface area (Å²) >= 11 is 0. The van der Waals surface area contributed by atoms with Crippen molar-refractivity contribution in [1.82, 2.24) is 25.5 Å². The van der Waals surface area contributed by atoms with Crippen LogP contribution in [0.5, 0.6) is 0 Å². The van der Waals surface area contributed by atoms with Crippen molar-refractivity contribution in [2.24, 2.45) is 0 Å². The van der Waals surface area contributed by atoms with Crippen LogP contribution < -0.4 is 10.6 Å². The van der Waals surface area contributed by atoms with Gasteiger partial charge in [0, 0.05) is 17.8 Å². The van der Waals surface area contributed by atoms with Gasteiger partial charge in [0.1, 0.15) is 5.82 Å². The molecule has 1 aliphatic rings. The summed E-state index contributed by atoms with van der Waals surface area (Å²) in [6.07, 6.45) is 2.87. The number of halogens is 1. The summed E-state index contributed by atoms with van der Waals surface area (Å²) in [6, 6.07) is 14.4. The molecule has 0 saturated heterocycles. The number of amides is 1. The Labute approximate surface area is 162 Å². The highest BCUT2D eigenvalue weighted by Crippen LogP contribution is 2.36. The van der Waals surface area contributed by atoms with Crippen molar-refractivity contribution in [2.45, 2.75) is 25.3 Å². The Morgan fingerprint density at radius 2 is 2.00 bits per heavy atom. The fraction of sp³-hybridized carbons (Fsp3) is 0.300. The van der Waals surface area contributed by atoms with Crippen LogP contribution in [0.25, 0.3) is 11.4 Å². The molecule has 1 heterocycles. The Kier molecular flexibility index (Phi) is 5.27. The first-order valence-corrected chi connectivity index (χ1v) is 9.32. The Bertz CT molecular complexity index is 951. The third kappa shape index (κ3) is 4.51. The second-order valence-electron chi connectivity index (χ2n) is 6.84. The number of tetrazole rings is 1. The number of carbonyl (C=O) groups excluding carboxylic acids is 1. The second kappa shape index (κ2) is 8.16. The highest BCUT2D eigenvalue weighted by Gasteiger charge is 2.28. The minimum atomic E-state index is -0.259. The molecule has 28 heavy (non-hydrogen) atoms. The van der Waals surface area contributed by atoms with Crippen molar-refractivity contribution in [1.29, 1.82) is 0 Å². The zero-order valence-corrected chi connectivity index (χ0v) is 15.3. The first-order chi connectivity index (χ1) is 13.7. The standard InChI is InChI=1S/C20H21FN6O/c21-16-6-4-14(5-7-16)10-11-22-19(28)13-23-17-3-1-2-15(12-17)20-24-25-26-27(20)18-8-9-18/h1-7,12,18,23H,8-11,13H2,(H,22,28). The second-order valence-corrected chi connectivity index (χ2v) is 6.84. The normalized spacial score (nSPS) is 13.3. The third-order valence-electron chi connectivity index (χ3n) is 4.61. The van der Waals surface area contributed by atoms with E-state index in [0.29, 0.717) is 19.0 Å². The molecule has 1 aromatic heterocycles. The van der Waals surface area contributed by atoms with E-state index in [1.807, 2.05) is 28.9 Å². The van der Waals surface area contributed by atoms with Gasteiger partial charge in [-0.3, -0.25) is 4.79 Å². The molecule has 0 radical (unpaired) electrons. The van der Waals surface area contributed by atoms with E-state index in [2.05, 4.69) is 26.2 Å². The van der Waals surface area contributed by atoms with Crippen LogP contribution in [-0.4, -0.2) is 39.2 Å². The van der Waals surface area contributed by atoms with Gasteiger partial charge in [-0.2, -0.15) is 0 Å². The van der Waals surface area contributed by atoms with Crippen molar-refractivity contribution < 1.29 is 9.18 Å². The maximum absolute atomic E-state index is 12.9. The fourth-order valence-corrected chi connectivity index (χ4v) is 2.96. The first-order valence-electron chi connectivity index (χ1n) is 9.32. The molecule has 2 N–H and O–H groups in total. The lowest BCUT2D eigenvalue weighted by Crippen LogP contribution is -2.31. The van der Waals surface area contributed by atoms with E-state index in [9.17, 15) is 9.18 Å². The summed E-state index contributed by atoms with van der Waals surface area (Å²) < 4.78 is 14.8. The van der Waals surface area contributed by atoms with Crippen molar-refractivity contribution in [2.75, 3.05) is 18.4 Å².